The molecule has 1 fully saturated rings. The molecule has 1 aliphatic carbocycles. The molecule has 0 bridgehead atoms. The molecule has 1 saturated carbocycles. The van der Waals surface area contributed by atoms with E-state index in [1.807, 2.05) is 25.1 Å². The van der Waals surface area contributed by atoms with Crippen LogP contribution in [0.3, 0.4) is 0 Å². The van der Waals surface area contributed by atoms with Crippen molar-refractivity contribution in [2.24, 2.45) is 0 Å². The predicted octanol–water partition coefficient (Wildman–Crippen LogP) is 4.90. The van der Waals surface area contributed by atoms with E-state index < -0.39 is 10.0 Å². The van der Waals surface area contributed by atoms with E-state index in [1.54, 1.807) is 23.5 Å². The van der Waals surface area contributed by atoms with Crippen molar-refractivity contribution in [1.29, 1.82) is 0 Å². The number of hydrogen-bond acceptors (Lipinski definition) is 6. The van der Waals surface area contributed by atoms with E-state index in [-0.39, 0.29) is 16.8 Å². The molecule has 1 aliphatic rings. The summed E-state index contributed by atoms with van der Waals surface area (Å²) in [6, 6.07) is 11.8. The quantitative estimate of drug-likeness (QED) is 0.527. The van der Waals surface area contributed by atoms with Gasteiger partial charge < -0.3 is 4.74 Å². The van der Waals surface area contributed by atoms with Crippen molar-refractivity contribution < 1.29 is 17.9 Å². The molecule has 0 spiro atoms. The Labute approximate surface area is 192 Å². The summed E-state index contributed by atoms with van der Waals surface area (Å²) in [6.07, 6.45) is 5.10. The lowest BCUT2D eigenvalue weighted by Gasteiger charge is -2.32. The van der Waals surface area contributed by atoms with Gasteiger partial charge in [0.05, 0.1) is 16.7 Å². The van der Waals surface area contributed by atoms with Crippen LogP contribution < -0.4 is 10.1 Å². The van der Waals surface area contributed by atoms with Crippen LogP contribution in [0.2, 0.25) is 0 Å². The van der Waals surface area contributed by atoms with Gasteiger partial charge in [-0.3, -0.25) is 10.1 Å². The van der Waals surface area contributed by atoms with Crippen LogP contribution >= 0.6 is 11.3 Å². The van der Waals surface area contributed by atoms with Crippen molar-refractivity contribution in [3.05, 3.63) is 48.0 Å². The van der Waals surface area contributed by atoms with Gasteiger partial charge in [0.15, 0.2) is 5.13 Å². The third-order valence-electron chi connectivity index (χ3n) is 5.84. The lowest BCUT2D eigenvalue weighted by molar-refractivity contribution is 0.102. The van der Waals surface area contributed by atoms with Crippen LogP contribution in [0, 0.1) is 0 Å². The van der Waals surface area contributed by atoms with Gasteiger partial charge in [0.1, 0.15) is 11.3 Å². The minimum atomic E-state index is -3.60. The minimum Gasteiger partial charge on any atom is -0.494 e. The normalized spacial score (nSPS) is 15.2. The molecule has 7 nitrogen and oxygen atoms in total. The first-order chi connectivity index (χ1) is 15.4. The van der Waals surface area contributed by atoms with E-state index >= 15 is 0 Å². The van der Waals surface area contributed by atoms with E-state index in [9.17, 15) is 13.2 Å². The molecule has 3 aromatic rings. The number of hydrogen-bond donors (Lipinski definition) is 1. The highest BCUT2D eigenvalue weighted by Crippen LogP contribution is 2.32. The van der Waals surface area contributed by atoms with Gasteiger partial charge in [0.25, 0.3) is 5.91 Å². The number of anilines is 1. The van der Waals surface area contributed by atoms with Crippen molar-refractivity contribution in [3.63, 3.8) is 0 Å². The first kappa shape index (κ1) is 22.7. The number of nitrogens with zero attached hydrogens (tertiary/aromatic N) is 2. The number of amides is 1. The fourth-order valence-electron chi connectivity index (χ4n) is 4.22. The highest BCUT2D eigenvalue weighted by molar-refractivity contribution is 7.89. The number of thiazole rings is 1. The largest absolute Gasteiger partial charge is 0.494 e. The third-order valence-corrected chi connectivity index (χ3v) is 8.82. The summed E-state index contributed by atoms with van der Waals surface area (Å²) in [6.45, 7) is 2.32. The third kappa shape index (κ3) is 4.51. The number of fused-ring (bicyclic) bond motifs is 1. The van der Waals surface area contributed by atoms with Crippen LogP contribution in [0.4, 0.5) is 5.13 Å². The number of sulfonamides is 1. The average molecular weight is 474 g/mol. The summed E-state index contributed by atoms with van der Waals surface area (Å²) in [5.74, 6) is 0.304. The Morgan fingerprint density at radius 3 is 2.53 bits per heavy atom. The average Bonchev–Trinajstić information content (AvgIpc) is 3.22. The minimum absolute atomic E-state index is 0.0535. The van der Waals surface area contributed by atoms with E-state index in [1.165, 1.54) is 29.9 Å². The number of carbonyl (C=O) groups excluding carboxylic acids is 1. The standard InChI is InChI=1S/C23H27N3O4S2/c1-3-26(17-8-5-4-6-9-17)32(28,29)18-14-12-16(13-15-18)22(27)25-23-24-21-19(30-2)10-7-11-20(21)31-23/h7,10-15,17H,3-6,8-9H2,1-2H3,(H,24,25,27). The molecule has 170 valence electrons. The monoisotopic (exact) mass is 473 g/mol. The molecular weight excluding hydrogens is 446 g/mol. The van der Waals surface area contributed by atoms with Crippen LogP contribution in [0.1, 0.15) is 49.4 Å². The van der Waals surface area contributed by atoms with Crippen molar-refractivity contribution >= 4 is 42.6 Å². The van der Waals surface area contributed by atoms with Gasteiger partial charge in [-0.05, 0) is 49.2 Å². The van der Waals surface area contributed by atoms with E-state index in [2.05, 4.69) is 10.3 Å². The van der Waals surface area contributed by atoms with Crippen LogP contribution in [0.25, 0.3) is 10.2 Å². The van der Waals surface area contributed by atoms with Gasteiger partial charge in [-0.25, -0.2) is 13.4 Å². The first-order valence-electron chi connectivity index (χ1n) is 10.8. The van der Waals surface area contributed by atoms with Gasteiger partial charge >= 0.3 is 0 Å². The molecule has 9 heteroatoms. The molecule has 1 amide bonds. The Balaban J connectivity index is 1.51. The molecule has 1 aromatic heterocycles. The first-order valence-corrected chi connectivity index (χ1v) is 13.1. The molecule has 0 atom stereocenters. The Morgan fingerprint density at radius 2 is 1.88 bits per heavy atom. The number of carbonyl (C=O) groups is 1. The zero-order valence-electron chi connectivity index (χ0n) is 18.2. The number of rotatable bonds is 7. The number of aromatic nitrogens is 1. The maximum absolute atomic E-state index is 13.2. The van der Waals surface area contributed by atoms with Crippen molar-refractivity contribution in [2.45, 2.75) is 50.0 Å². The smallest absolute Gasteiger partial charge is 0.257 e. The molecular formula is C23H27N3O4S2. The van der Waals surface area contributed by atoms with Crippen molar-refractivity contribution in [3.8, 4) is 5.75 Å². The Morgan fingerprint density at radius 1 is 1.16 bits per heavy atom. The number of ether oxygens (including phenoxy) is 1. The molecule has 1 heterocycles. The zero-order chi connectivity index (χ0) is 22.7. The van der Waals surface area contributed by atoms with Gasteiger partial charge in [-0.2, -0.15) is 4.31 Å². The molecule has 0 aliphatic heterocycles. The van der Waals surface area contributed by atoms with Gasteiger partial charge in [0.2, 0.25) is 10.0 Å². The van der Waals surface area contributed by atoms with E-state index in [0.29, 0.717) is 28.5 Å². The topological polar surface area (TPSA) is 88.6 Å². The predicted molar refractivity (Wildman–Crippen MR) is 127 cm³/mol. The molecule has 0 saturated heterocycles. The fraction of sp³-hybridized carbons (Fsp3) is 0.391. The van der Waals surface area contributed by atoms with Crippen LogP contribution in [-0.2, 0) is 10.0 Å². The Kier molecular flexibility index (Phi) is 6.78. The van der Waals surface area contributed by atoms with Crippen molar-refractivity contribution in [1.82, 2.24) is 9.29 Å². The van der Waals surface area contributed by atoms with E-state index in [0.717, 1.165) is 30.4 Å². The van der Waals surface area contributed by atoms with Crippen LogP contribution in [0.15, 0.2) is 47.4 Å². The van der Waals surface area contributed by atoms with Crippen LogP contribution in [-0.4, -0.2) is 43.3 Å². The van der Waals surface area contributed by atoms with Gasteiger partial charge in [-0.1, -0.05) is 43.6 Å². The number of para-hydroxylation sites is 1. The Hall–Kier alpha value is -2.49. The summed E-state index contributed by atoms with van der Waals surface area (Å²) < 4.78 is 34.2. The molecule has 0 unspecified atom stereocenters. The second-order valence-electron chi connectivity index (χ2n) is 7.80. The van der Waals surface area contributed by atoms with Crippen LogP contribution in [0.5, 0.6) is 5.75 Å². The molecule has 0 radical (unpaired) electrons. The second kappa shape index (κ2) is 9.56. The summed E-state index contributed by atoms with van der Waals surface area (Å²) in [4.78, 5) is 17.4. The summed E-state index contributed by atoms with van der Waals surface area (Å²) in [7, 11) is -2.02. The van der Waals surface area contributed by atoms with E-state index in [4.69, 9.17) is 4.74 Å². The Bertz CT molecular complexity index is 1200. The number of nitrogens with one attached hydrogen (secondary N) is 1. The highest BCUT2D eigenvalue weighted by Gasteiger charge is 2.31. The lowest BCUT2D eigenvalue weighted by atomic mass is 9.95. The van der Waals surface area contributed by atoms with Gasteiger partial charge in [0, 0.05) is 18.2 Å². The summed E-state index contributed by atoms with van der Waals surface area (Å²) in [5.41, 5.74) is 1.06. The van der Waals surface area contributed by atoms with Gasteiger partial charge in [-0.15, -0.1) is 0 Å². The lowest BCUT2D eigenvalue weighted by Crippen LogP contribution is -2.41. The summed E-state index contributed by atoms with van der Waals surface area (Å²) in [5, 5.41) is 3.25. The number of benzene rings is 2. The second-order valence-corrected chi connectivity index (χ2v) is 10.7. The maximum atomic E-state index is 13.2. The SMILES string of the molecule is CCN(C1CCCCC1)S(=O)(=O)c1ccc(C(=O)Nc2nc3c(OC)cccc3s2)cc1. The molecule has 1 N–H and O–H groups in total. The molecule has 4 rings (SSSR count). The molecule has 32 heavy (non-hydrogen) atoms. The zero-order valence-corrected chi connectivity index (χ0v) is 19.8. The summed E-state index contributed by atoms with van der Waals surface area (Å²) >= 11 is 1.35. The molecule has 2 aromatic carbocycles. The highest BCUT2D eigenvalue weighted by atomic mass is 32.2. The maximum Gasteiger partial charge on any atom is 0.257 e. The fourth-order valence-corrected chi connectivity index (χ4v) is 6.79. The number of methoxy groups -OCH3 is 1. The van der Waals surface area contributed by atoms with Crippen molar-refractivity contribution in [2.75, 3.05) is 19.0 Å².